The van der Waals surface area contributed by atoms with E-state index in [0.717, 1.165) is 11.5 Å². The van der Waals surface area contributed by atoms with Crippen molar-refractivity contribution in [3.05, 3.63) is 11.6 Å². The molecule has 0 aliphatic rings. The number of hydrogen-bond acceptors (Lipinski definition) is 6. The molecule has 2 aromatic rings. The molecule has 1 atom stereocenters. The zero-order valence-electron chi connectivity index (χ0n) is 10.7. The SMILES string of the molecule is CCSCC(C)NS(=O)(=O)c1c(N)nc2sccn12. The highest BCUT2D eigenvalue weighted by Gasteiger charge is 2.25. The van der Waals surface area contributed by atoms with Crippen LogP contribution < -0.4 is 10.5 Å². The zero-order valence-corrected chi connectivity index (χ0v) is 13.1. The molecule has 6 nitrogen and oxygen atoms in total. The van der Waals surface area contributed by atoms with Crippen molar-refractivity contribution >= 4 is 43.9 Å². The van der Waals surface area contributed by atoms with Gasteiger partial charge in [-0.15, -0.1) is 11.3 Å². The second kappa shape index (κ2) is 5.70. The van der Waals surface area contributed by atoms with Crippen molar-refractivity contribution in [2.24, 2.45) is 0 Å². The van der Waals surface area contributed by atoms with Crippen molar-refractivity contribution in [2.75, 3.05) is 17.2 Å². The number of nitrogens with one attached hydrogen (secondary N) is 1. The van der Waals surface area contributed by atoms with Gasteiger partial charge in [0.15, 0.2) is 15.8 Å². The second-order valence-electron chi connectivity index (χ2n) is 4.04. The van der Waals surface area contributed by atoms with Crippen LogP contribution in [0.4, 0.5) is 5.82 Å². The number of hydrogen-bond donors (Lipinski definition) is 2. The van der Waals surface area contributed by atoms with E-state index in [1.807, 2.05) is 13.8 Å². The predicted octanol–water partition coefficient (Wildman–Crippen LogP) is 1.40. The third-order valence-electron chi connectivity index (χ3n) is 2.43. The van der Waals surface area contributed by atoms with E-state index in [-0.39, 0.29) is 16.9 Å². The number of thiazole rings is 1. The first-order valence-corrected chi connectivity index (χ1v) is 9.28. The van der Waals surface area contributed by atoms with Crippen LogP contribution in [-0.4, -0.2) is 35.4 Å². The van der Waals surface area contributed by atoms with Crippen LogP contribution in [-0.2, 0) is 10.0 Å². The molecule has 1 unspecified atom stereocenters. The fraction of sp³-hybridized carbons (Fsp3) is 0.500. The lowest BCUT2D eigenvalue weighted by Crippen LogP contribution is -2.35. The standard InChI is InChI=1S/C10H16N4O2S3/c1-3-17-6-7(2)13-19(15,16)9-8(11)12-10-14(9)4-5-18-10/h4-5,7,13H,3,6,11H2,1-2H3. The lowest BCUT2D eigenvalue weighted by molar-refractivity contribution is 0.567. The third-order valence-corrected chi connectivity index (χ3v) is 5.95. The molecule has 0 radical (unpaired) electrons. The van der Waals surface area contributed by atoms with Gasteiger partial charge in [0.2, 0.25) is 0 Å². The predicted molar refractivity (Wildman–Crippen MR) is 80.3 cm³/mol. The normalized spacial score (nSPS) is 14.0. The molecule has 2 heterocycles. The summed E-state index contributed by atoms with van der Waals surface area (Å²) in [4.78, 5) is 4.62. The number of anilines is 1. The van der Waals surface area contributed by atoms with Crippen LogP contribution in [0.15, 0.2) is 16.6 Å². The molecule has 2 aromatic heterocycles. The average molecular weight is 320 g/mol. The van der Waals surface area contributed by atoms with Crippen LogP contribution in [0.5, 0.6) is 0 Å². The molecule has 106 valence electrons. The monoisotopic (exact) mass is 320 g/mol. The molecule has 0 spiro atoms. The van der Waals surface area contributed by atoms with Crippen LogP contribution in [0.3, 0.4) is 0 Å². The highest BCUT2D eigenvalue weighted by atomic mass is 32.2. The number of rotatable bonds is 6. The molecule has 0 aromatic carbocycles. The number of thioether (sulfide) groups is 1. The molecular weight excluding hydrogens is 304 g/mol. The Hall–Kier alpha value is -0.770. The summed E-state index contributed by atoms with van der Waals surface area (Å²) in [6, 6.07) is -0.154. The van der Waals surface area contributed by atoms with Gasteiger partial charge < -0.3 is 5.73 Å². The van der Waals surface area contributed by atoms with E-state index in [2.05, 4.69) is 9.71 Å². The van der Waals surface area contributed by atoms with Crippen LogP contribution in [0.2, 0.25) is 0 Å². The van der Waals surface area contributed by atoms with Gasteiger partial charge in [-0.25, -0.2) is 18.1 Å². The highest BCUT2D eigenvalue weighted by Crippen LogP contribution is 2.23. The third kappa shape index (κ3) is 3.04. The molecule has 0 saturated carbocycles. The van der Waals surface area contributed by atoms with E-state index < -0.39 is 10.0 Å². The van der Waals surface area contributed by atoms with Gasteiger partial charge in [0, 0.05) is 23.4 Å². The molecule has 0 aliphatic carbocycles. The van der Waals surface area contributed by atoms with E-state index in [4.69, 9.17) is 5.73 Å². The Morgan fingerprint density at radius 2 is 2.37 bits per heavy atom. The summed E-state index contributed by atoms with van der Waals surface area (Å²) in [5.74, 6) is 1.71. The van der Waals surface area contributed by atoms with Gasteiger partial charge in [-0.3, -0.25) is 4.40 Å². The lowest BCUT2D eigenvalue weighted by atomic mass is 10.4. The number of nitrogens with zero attached hydrogens (tertiary/aromatic N) is 2. The minimum atomic E-state index is -3.65. The van der Waals surface area contributed by atoms with Gasteiger partial charge in [-0.05, 0) is 12.7 Å². The van der Waals surface area contributed by atoms with E-state index in [0.29, 0.717) is 4.96 Å². The van der Waals surface area contributed by atoms with Gasteiger partial charge in [-0.1, -0.05) is 6.92 Å². The summed E-state index contributed by atoms with van der Waals surface area (Å²) in [5, 5.41) is 1.80. The number of imidazole rings is 1. The minimum absolute atomic E-state index is 0.0251. The molecule has 9 heteroatoms. The lowest BCUT2D eigenvalue weighted by Gasteiger charge is -2.13. The maximum atomic E-state index is 12.3. The largest absolute Gasteiger partial charge is 0.381 e. The fourth-order valence-electron chi connectivity index (χ4n) is 1.70. The smallest absolute Gasteiger partial charge is 0.260 e. The maximum absolute atomic E-state index is 12.3. The van der Waals surface area contributed by atoms with Crippen LogP contribution in [0.1, 0.15) is 13.8 Å². The molecule has 3 N–H and O–H groups in total. The van der Waals surface area contributed by atoms with Crippen molar-refractivity contribution in [3.8, 4) is 0 Å². The van der Waals surface area contributed by atoms with E-state index in [1.54, 1.807) is 23.3 Å². The Morgan fingerprint density at radius 1 is 1.63 bits per heavy atom. The summed E-state index contributed by atoms with van der Waals surface area (Å²) in [5.41, 5.74) is 5.71. The zero-order chi connectivity index (χ0) is 14.0. The summed E-state index contributed by atoms with van der Waals surface area (Å²) in [7, 11) is -3.65. The quantitative estimate of drug-likeness (QED) is 0.839. The summed E-state index contributed by atoms with van der Waals surface area (Å²) in [6.45, 7) is 3.87. The highest BCUT2D eigenvalue weighted by molar-refractivity contribution is 7.99. The van der Waals surface area contributed by atoms with Gasteiger partial charge in [-0.2, -0.15) is 11.8 Å². The van der Waals surface area contributed by atoms with Gasteiger partial charge in [0.1, 0.15) is 0 Å². The van der Waals surface area contributed by atoms with Crippen molar-refractivity contribution in [1.82, 2.24) is 14.1 Å². The van der Waals surface area contributed by atoms with Crippen molar-refractivity contribution in [2.45, 2.75) is 24.9 Å². The number of fused-ring (bicyclic) bond motifs is 1. The van der Waals surface area contributed by atoms with Gasteiger partial charge in [0.05, 0.1) is 0 Å². The number of aromatic nitrogens is 2. The van der Waals surface area contributed by atoms with E-state index >= 15 is 0 Å². The molecule has 19 heavy (non-hydrogen) atoms. The van der Waals surface area contributed by atoms with Crippen molar-refractivity contribution in [1.29, 1.82) is 0 Å². The Labute approximate surface area is 120 Å². The Balaban J connectivity index is 2.28. The first-order valence-electron chi connectivity index (χ1n) is 5.76. The first kappa shape index (κ1) is 14.6. The molecule has 0 saturated heterocycles. The molecular formula is C10H16N4O2S3. The first-order chi connectivity index (χ1) is 8.95. The molecule has 0 fully saturated rings. The average Bonchev–Trinajstić information content (AvgIpc) is 2.84. The van der Waals surface area contributed by atoms with Gasteiger partial charge in [0.25, 0.3) is 10.0 Å². The van der Waals surface area contributed by atoms with Crippen molar-refractivity contribution < 1.29 is 8.42 Å². The molecule has 0 bridgehead atoms. The van der Waals surface area contributed by atoms with Crippen molar-refractivity contribution in [3.63, 3.8) is 0 Å². The number of sulfonamides is 1. The maximum Gasteiger partial charge on any atom is 0.260 e. The topological polar surface area (TPSA) is 89.5 Å². The Bertz CT molecular complexity index is 661. The molecule has 2 rings (SSSR count). The van der Waals surface area contributed by atoms with Crippen LogP contribution in [0.25, 0.3) is 4.96 Å². The van der Waals surface area contributed by atoms with Crippen LogP contribution in [0, 0.1) is 0 Å². The van der Waals surface area contributed by atoms with E-state index in [1.165, 1.54) is 15.7 Å². The summed E-state index contributed by atoms with van der Waals surface area (Å²) in [6.07, 6.45) is 1.66. The molecule has 0 aliphatic heterocycles. The van der Waals surface area contributed by atoms with Gasteiger partial charge >= 0.3 is 0 Å². The summed E-state index contributed by atoms with van der Waals surface area (Å²) < 4.78 is 28.8. The molecule has 0 amide bonds. The Kier molecular flexibility index (Phi) is 4.39. The minimum Gasteiger partial charge on any atom is -0.381 e. The summed E-state index contributed by atoms with van der Waals surface area (Å²) >= 11 is 3.03. The number of nitrogen functional groups attached to an aromatic ring is 1. The Morgan fingerprint density at radius 3 is 3.05 bits per heavy atom. The fourth-order valence-corrected chi connectivity index (χ4v) is 4.71. The number of nitrogens with two attached hydrogens (primary N) is 1. The second-order valence-corrected chi connectivity index (χ2v) is 7.86. The van der Waals surface area contributed by atoms with Crippen LogP contribution >= 0.6 is 23.1 Å². The van der Waals surface area contributed by atoms with E-state index in [9.17, 15) is 8.42 Å².